The van der Waals surface area contributed by atoms with E-state index in [0.29, 0.717) is 18.7 Å². The van der Waals surface area contributed by atoms with Gasteiger partial charge in [-0.05, 0) is 43.8 Å². The number of rotatable bonds is 4. The molecule has 1 unspecified atom stereocenters. The van der Waals surface area contributed by atoms with Gasteiger partial charge in [-0.15, -0.1) is 0 Å². The van der Waals surface area contributed by atoms with Gasteiger partial charge in [-0.2, -0.15) is 0 Å². The van der Waals surface area contributed by atoms with Crippen molar-refractivity contribution < 1.29 is 17.9 Å². The monoisotopic (exact) mass is 424 g/mol. The molecule has 1 aliphatic heterocycles. The van der Waals surface area contributed by atoms with Crippen LogP contribution in [0.15, 0.2) is 47.3 Å². The van der Waals surface area contributed by atoms with Crippen molar-refractivity contribution in [1.82, 2.24) is 19.3 Å². The number of hydrogen-bond donors (Lipinski definition) is 0. The van der Waals surface area contributed by atoms with Crippen LogP contribution in [-0.4, -0.2) is 52.1 Å². The number of aromatic nitrogens is 3. The fourth-order valence-electron chi connectivity index (χ4n) is 4.09. The van der Waals surface area contributed by atoms with Crippen molar-refractivity contribution in [3.8, 4) is 22.7 Å². The lowest BCUT2D eigenvalue weighted by Crippen LogP contribution is -2.41. The number of likely N-dealkylation sites (N-methyl/N-ethyl adjacent to an activating group) is 1. The van der Waals surface area contributed by atoms with Gasteiger partial charge in [-0.25, -0.2) is 18.7 Å². The molecule has 1 aromatic carbocycles. The highest BCUT2D eigenvalue weighted by molar-refractivity contribution is 5.71. The number of pyridine rings is 1. The number of morpholine rings is 1. The summed E-state index contributed by atoms with van der Waals surface area (Å²) in [7, 11) is 2.04. The van der Waals surface area contributed by atoms with E-state index >= 15 is 8.78 Å². The molecule has 0 saturated carbocycles. The van der Waals surface area contributed by atoms with Crippen LogP contribution in [0.3, 0.4) is 0 Å². The maximum atomic E-state index is 15.2. The van der Waals surface area contributed by atoms with Crippen LogP contribution in [0.1, 0.15) is 11.3 Å². The second-order valence-electron chi connectivity index (χ2n) is 7.95. The Morgan fingerprint density at radius 2 is 2.00 bits per heavy atom. The van der Waals surface area contributed by atoms with E-state index in [2.05, 4.69) is 14.9 Å². The summed E-state index contributed by atoms with van der Waals surface area (Å²) < 4.78 is 43.4. The van der Waals surface area contributed by atoms with Gasteiger partial charge in [-0.1, -0.05) is 0 Å². The third-order valence-electron chi connectivity index (χ3n) is 5.60. The van der Waals surface area contributed by atoms with Crippen LogP contribution in [0.25, 0.3) is 28.4 Å². The predicted molar refractivity (Wildman–Crippen MR) is 112 cm³/mol. The molecule has 160 valence electrons. The minimum atomic E-state index is -0.712. The first-order valence-corrected chi connectivity index (χ1v) is 10.2. The summed E-state index contributed by atoms with van der Waals surface area (Å²) in [6.07, 6.45) is 5.09. The quantitative estimate of drug-likeness (QED) is 0.493. The molecule has 0 bridgehead atoms. The van der Waals surface area contributed by atoms with E-state index in [4.69, 9.17) is 9.15 Å². The second kappa shape index (κ2) is 7.86. The van der Waals surface area contributed by atoms with Crippen LogP contribution in [0, 0.1) is 18.6 Å². The van der Waals surface area contributed by atoms with Crippen LogP contribution in [0.5, 0.6) is 0 Å². The highest BCUT2D eigenvalue weighted by atomic mass is 19.1. The van der Waals surface area contributed by atoms with Crippen LogP contribution in [0.2, 0.25) is 0 Å². The Bertz CT molecular complexity index is 1210. The van der Waals surface area contributed by atoms with E-state index < -0.39 is 11.6 Å². The lowest BCUT2D eigenvalue weighted by molar-refractivity contribution is -0.0190. The lowest BCUT2D eigenvalue weighted by Gasteiger charge is -2.30. The fraction of sp³-hybridized carbons (Fsp3) is 0.304. The first-order chi connectivity index (χ1) is 15.0. The number of fused-ring (bicyclic) bond motifs is 1. The van der Waals surface area contributed by atoms with Crippen molar-refractivity contribution in [2.24, 2.45) is 0 Å². The molecule has 6 nitrogen and oxygen atoms in total. The fourth-order valence-corrected chi connectivity index (χ4v) is 4.09. The number of hydrogen-bond acceptors (Lipinski definition) is 5. The van der Waals surface area contributed by atoms with Crippen molar-refractivity contribution in [1.29, 1.82) is 0 Å². The topological polar surface area (TPSA) is 55.8 Å². The number of benzene rings is 1. The summed E-state index contributed by atoms with van der Waals surface area (Å²) in [5, 5.41) is 0. The summed E-state index contributed by atoms with van der Waals surface area (Å²) >= 11 is 0. The normalized spacial score (nSPS) is 17.5. The van der Waals surface area contributed by atoms with Gasteiger partial charge in [0.2, 0.25) is 5.89 Å². The molecule has 8 heteroatoms. The summed E-state index contributed by atoms with van der Waals surface area (Å²) in [5.74, 6) is -1.26. The molecule has 0 radical (unpaired) electrons. The van der Waals surface area contributed by atoms with Gasteiger partial charge < -0.3 is 18.5 Å². The minimum Gasteiger partial charge on any atom is -0.445 e. The number of aryl methyl sites for hydroxylation is 1. The minimum absolute atomic E-state index is 0.0867. The van der Waals surface area contributed by atoms with Crippen molar-refractivity contribution in [3.63, 3.8) is 0 Å². The van der Waals surface area contributed by atoms with Crippen LogP contribution in [-0.2, 0) is 11.2 Å². The van der Waals surface area contributed by atoms with E-state index in [9.17, 15) is 0 Å². The number of ether oxygens (including phenoxy) is 1. The van der Waals surface area contributed by atoms with Crippen molar-refractivity contribution in [3.05, 3.63) is 65.8 Å². The molecule has 0 spiro atoms. The van der Waals surface area contributed by atoms with Crippen molar-refractivity contribution in [2.75, 3.05) is 26.7 Å². The Balaban J connectivity index is 1.64. The summed E-state index contributed by atoms with van der Waals surface area (Å²) in [6, 6.07) is 6.31. The molecule has 4 heterocycles. The molecule has 1 saturated heterocycles. The average molecular weight is 424 g/mol. The molecule has 5 rings (SSSR count). The summed E-state index contributed by atoms with van der Waals surface area (Å²) in [4.78, 5) is 10.8. The molecular weight excluding hydrogens is 402 g/mol. The molecule has 3 aromatic heterocycles. The highest BCUT2D eigenvalue weighted by Crippen LogP contribution is 2.33. The standard InChI is InChI=1S/C23H22F2N4O2/c1-14-3-5-29-19(12-16-13-28(2)6-8-30-16)22(27-20(29)9-14)21-17(24)10-15(11-18(21)25)23-26-4-7-31-23/h3-5,7,9-11,16H,6,8,12-13H2,1-2H3. The molecule has 1 aliphatic rings. The van der Waals surface area contributed by atoms with Gasteiger partial charge in [0.05, 0.1) is 35.9 Å². The van der Waals surface area contributed by atoms with Gasteiger partial charge in [0, 0.05) is 31.3 Å². The Morgan fingerprint density at radius 3 is 2.71 bits per heavy atom. The SMILES string of the molecule is Cc1ccn2c(CC3CN(C)CCO3)c(-c3c(F)cc(-c4ncco4)cc3F)nc2c1. The van der Waals surface area contributed by atoms with Crippen molar-refractivity contribution in [2.45, 2.75) is 19.4 Å². The number of nitrogens with zero attached hydrogens (tertiary/aromatic N) is 4. The Hall–Kier alpha value is -3.10. The smallest absolute Gasteiger partial charge is 0.226 e. The Kier molecular flexibility index (Phi) is 5.03. The molecule has 1 atom stereocenters. The van der Waals surface area contributed by atoms with Crippen LogP contribution >= 0.6 is 0 Å². The van der Waals surface area contributed by atoms with Gasteiger partial charge in [-0.3, -0.25) is 0 Å². The van der Waals surface area contributed by atoms with Crippen molar-refractivity contribution >= 4 is 5.65 Å². The second-order valence-corrected chi connectivity index (χ2v) is 7.95. The summed E-state index contributed by atoms with van der Waals surface area (Å²) in [6.45, 7) is 4.19. The zero-order valence-electron chi connectivity index (χ0n) is 17.3. The molecule has 0 amide bonds. The number of oxazole rings is 1. The van der Waals surface area contributed by atoms with E-state index in [0.717, 1.165) is 24.3 Å². The molecule has 1 fully saturated rings. The first-order valence-electron chi connectivity index (χ1n) is 10.2. The zero-order valence-corrected chi connectivity index (χ0v) is 17.3. The largest absolute Gasteiger partial charge is 0.445 e. The third kappa shape index (κ3) is 3.73. The molecular formula is C23H22F2N4O2. The average Bonchev–Trinajstić information content (AvgIpc) is 3.36. The molecule has 0 N–H and O–H groups in total. The molecule has 4 aromatic rings. The van der Waals surface area contributed by atoms with Gasteiger partial charge >= 0.3 is 0 Å². The molecule has 31 heavy (non-hydrogen) atoms. The Labute approximate surface area is 178 Å². The molecule has 0 aliphatic carbocycles. The first kappa shape index (κ1) is 19.8. The maximum absolute atomic E-state index is 15.2. The maximum Gasteiger partial charge on any atom is 0.226 e. The van der Waals surface area contributed by atoms with E-state index in [1.165, 1.54) is 24.6 Å². The van der Waals surface area contributed by atoms with Crippen LogP contribution < -0.4 is 0 Å². The third-order valence-corrected chi connectivity index (χ3v) is 5.60. The zero-order chi connectivity index (χ0) is 21.5. The Morgan fingerprint density at radius 1 is 1.19 bits per heavy atom. The van der Waals surface area contributed by atoms with Crippen LogP contribution in [0.4, 0.5) is 8.78 Å². The number of halogens is 2. The van der Waals surface area contributed by atoms with E-state index in [1.807, 2.05) is 36.7 Å². The van der Waals surface area contributed by atoms with Gasteiger partial charge in [0.15, 0.2) is 0 Å². The highest BCUT2D eigenvalue weighted by Gasteiger charge is 2.26. The van der Waals surface area contributed by atoms with E-state index in [1.54, 1.807) is 0 Å². The summed E-state index contributed by atoms with van der Waals surface area (Å²) in [5.41, 5.74) is 2.75. The van der Waals surface area contributed by atoms with Gasteiger partial charge in [0.1, 0.15) is 23.5 Å². The number of imidazole rings is 1. The lowest BCUT2D eigenvalue weighted by atomic mass is 10.0. The predicted octanol–water partition coefficient (Wildman–Crippen LogP) is 4.12. The van der Waals surface area contributed by atoms with Gasteiger partial charge in [0.25, 0.3) is 0 Å². The van der Waals surface area contributed by atoms with E-state index in [-0.39, 0.29) is 28.8 Å².